The zero-order valence-corrected chi connectivity index (χ0v) is 11.1. The molecular formula is C14H17N3O3. The first kappa shape index (κ1) is 14.0. The van der Waals surface area contributed by atoms with E-state index >= 15 is 0 Å². The van der Waals surface area contributed by atoms with Crippen LogP contribution in [0.1, 0.15) is 18.4 Å². The molecule has 0 spiro atoms. The number of anilines is 1. The molecule has 20 heavy (non-hydrogen) atoms. The highest BCUT2D eigenvalue weighted by Crippen LogP contribution is 2.12. The normalized spacial score (nSPS) is 14.4. The highest BCUT2D eigenvalue weighted by Gasteiger charge is 2.22. The van der Waals surface area contributed by atoms with Crippen LogP contribution in [0.25, 0.3) is 0 Å². The lowest BCUT2D eigenvalue weighted by Gasteiger charge is -2.15. The summed E-state index contributed by atoms with van der Waals surface area (Å²) in [5, 5.41) is 2.72. The Bertz CT molecular complexity index is 525. The lowest BCUT2D eigenvalue weighted by Crippen LogP contribution is -2.33. The van der Waals surface area contributed by atoms with Gasteiger partial charge in [0, 0.05) is 18.7 Å². The minimum Gasteiger partial charge on any atom is -0.369 e. The summed E-state index contributed by atoms with van der Waals surface area (Å²) in [6, 6.07) is 6.90. The van der Waals surface area contributed by atoms with Crippen molar-refractivity contribution in [1.29, 1.82) is 0 Å². The topological polar surface area (TPSA) is 92.5 Å². The molecule has 1 fully saturated rings. The van der Waals surface area contributed by atoms with Crippen molar-refractivity contribution in [3.63, 3.8) is 0 Å². The first-order valence-corrected chi connectivity index (χ1v) is 6.49. The highest BCUT2D eigenvalue weighted by molar-refractivity contribution is 5.94. The molecule has 6 heteroatoms. The van der Waals surface area contributed by atoms with E-state index in [2.05, 4.69) is 5.32 Å². The molecule has 0 bridgehead atoms. The molecule has 3 N–H and O–H groups in total. The van der Waals surface area contributed by atoms with Crippen LogP contribution in [0.5, 0.6) is 0 Å². The minimum atomic E-state index is -0.394. The fourth-order valence-corrected chi connectivity index (χ4v) is 2.15. The maximum absolute atomic E-state index is 11.8. The van der Waals surface area contributed by atoms with Crippen LogP contribution in [-0.2, 0) is 20.8 Å². The number of primary amides is 1. The molecule has 1 heterocycles. The van der Waals surface area contributed by atoms with Gasteiger partial charge in [0.2, 0.25) is 17.7 Å². The first-order chi connectivity index (χ1) is 9.54. The molecule has 0 aliphatic carbocycles. The van der Waals surface area contributed by atoms with Crippen molar-refractivity contribution in [2.45, 2.75) is 19.3 Å². The second-order valence-electron chi connectivity index (χ2n) is 4.81. The van der Waals surface area contributed by atoms with Crippen LogP contribution >= 0.6 is 0 Å². The van der Waals surface area contributed by atoms with Crippen molar-refractivity contribution in [3.8, 4) is 0 Å². The van der Waals surface area contributed by atoms with E-state index in [0.29, 0.717) is 18.7 Å². The molecule has 3 amide bonds. The fourth-order valence-electron chi connectivity index (χ4n) is 2.15. The molecule has 1 aliphatic heterocycles. The largest absolute Gasteiger partial charge is 0.369 e. The van der Waals surface area contributed by atoms with Crippen LogP contribution in [-0.4, -0.2) is 35.7 Å². The van der Waals surface area contributed by atoms with Crippen LogP contribution in [0.2, 0.25) is 0 Å². The number of hydrogen-bond donors (Lipinski definition) is 2. The van der Waals surface area contributed by atoms with Gasteiger partial charge < -0.3 is 16.0 Å². The number of rotatable bonds is 5. The summed E-state index contributed by atoms with van der Waals surface area (Å²) >= 11 is 0. The quantitative estimate of drug-likeness (QED) is 0.808. The van der Waals surface area contributed by atoms with E-state index in [0.717, 1.165) is 12.0 Å². The third kappa shape index (κ3) is 3.81. The Balaban J connectivity index is 1.87. The van der Waals surface area contributed by atoms with Crippen molar-refractivity contribution < 1.29 is 14.4 Å². The molecule has 6 nitrogen and oxygen atoms in total. The molecule has 0 unspecified atom stereocenters. The van der Waals surface area contributed by atoms with E-state index in [-0.39, 0.29) is 24.8 Å². The predicted molar refractivity (Wildman–Crippen MR) is 73.8 cm³/mol. The van der Waals surface area contributed by atoms with Gasteiger partial charge in [-0.1, -0.05) is 12.1 Å². The van der Waals surface area contributed by atoms with E-state index in [1.165, 1.54) is 0 Å². The monoisotopic (exact) mass is 275 g/mol. The van der Waals surface area contributed by atoms with Crippen molar-refractivity contribution in [2.75, 3.05) is 18.4 Å². The molecule has 1 aromatic rings. The Hall–Kier alpha value is -2.37. The van der Waals surface area contributed by atoms with Crippen LogP contribution in [0.15, 0.2) is 24.3 Å². The van der Waals surface area contributed by atoms with Gasteiger partial charge in [-0.25, -0.2) is 0 Å². The Morgan fingerprint density at radius 3 is 2.50 bits per heavy atom. The number of hydrogen-bond acceptors (Lipinski definition) is 3. The average molecular weight is 275 g/mol. The number of benzene rings is 1. The van der Waals surface area contributed by atoms with E-state index in [1.807, 2.05) is 0 Å². The number of carbonyl (C=O) groups excluding carboxylic acids is 3. The molecule has 106 valence electrons. The molecule has 1 saturated heterocycles. The van der Waals surface area contributed by atoms with Crippen molar-refractivity contribution in [1.82, 2.24) is 4.90 Å². The SMILES string of the molecule is NC(=O)Cc1ccc(NC(=O)CN2CCCC2=O)cc1. The van der Waals surface area contributed by atoms with E-state index in [4.69, 9.17) is 5.73 Å². The summed E-state index contributed by atoms with van der Waals surface area (Å²) in [6.07, 6.45) is 1.51. The van der Waals surface area contributed by atoms with E-state index in [9.17, 15) is 14.4 Å². The van der Waals surface area contributed by atoms with Gasteiger partial charge in [0.1, 0.15) is 0 Å². The highest BCUT2D eigenvalue weighted by atomic mass is 16.2. The fraction of sp³-hybridized carbons (Fsp3) is 0.357. The smallest absolute Gasteiger partial charge is 0.243 e. The zero-order chi connectivity index (χ0) is 14.5. The molecule has 0 atom stereocenters. The summed E-state index contributed by atoms with van der Waals surface area (Å²) in [5.41, 5.74) is 6.53. The lowest BCUT2D eigenvalue weighted by molar-refractivity contribution is -0.131. The van der Waals surface area contributed by atoms with Crippen LogP contribution in [0.4, 0.5) is 5.69 Å². The van der Waals surface area contributed by atoms with Gasteiger partial charge in [0.25, 0.3) is 0 Å². The maximum atomic E-state index is 11.8. The molecule has 1 aromatic carbocycles. The first-order valence-electron chi connectivity index (χ1n) is 6.49. The summed E-state index contributed by atoms with van der Waals surface area (Å²) < 4.78 is 0. The van der Waals surface area contributed by atoms with Crippen LogP contribution < -0.4 is 11.1 Å². The summed E-state index contributed by atoms with van der Waals surface area (Å²) in [5.74, 6) is -0.589. The molecule has 1 aliphatic rings. The van der Waals surface area contributed by atoms with Crippen molar-refractivity contribution in [3.05, 3.63) is 29.8 Å². The molecule has 0 aromatic heterocycles. The van der Waals surface area contributed by atoms with Crippen molar-refractivity contribution in [2.24, 2.45) is 5.73 Å². The Morgan fingerprint density at radius 1 is 1.25 bits per heavy atom. The standard InChI is InChI=1S/C14H17N3O3/c15-12(18)8-10-3-5-11(6-4-10)16-13(19)9-17-7-1-2-14(17)20/h3-6H,1-2,7-9H2,(H2,15,18)(H,16,19). The zero-order valence-electron chi connectivity index (χ0n) is 11.1. The molecule has 0 saturated carbocycles. The van der Waals surface area contributed by atoms with Crippen LogP contribution in [0, 0.1) is 0 Å². The summed E-state index contributed by atoms with van der Waals surface area (Å²) in [6.45, 7) is 0.728. The lowest BCUT2D eigenvalue weighted by atomic mass is 10.1. The summed E-state index contributed by atoms with van der Waals surface area (Å²) in [7, 11) is 0. The Morgan fingerprint density at radius 2 is 1.95 bits per heavy atom. The second kappa shape index (κ2) is 6.18. The van der Waals surface area contributed by atoms with Crippen LogP contribution in [0.3, 0.4) is 0 Å². The van der Waals surface area contributed by atoms with Gasteiger partial charge in [-0.15, -0.1) is 0 Å². The van der Waals surface area contributed by atoms with Crippen molar-refractivity contribution >= 4 is 23.4 Å². The van der Waals surface area contributed by atoms with Gasteiger partial charge in [-0.05, 0) is 24.1 Å². The third-order valence-corrected chi connectivity index (χ3v) is 3.12. The Kier molecular flexibility index (Phi) is 4.34. The molecule has 2 rings (SSSR count). The second-order valence-corrected chi connectivity index (χ2v) is 4.81. The van der Waals surface area contributed by atoms with Gasteiger partial charge in [-0.2, -0.15) is 0 Å². The number of nitrogens with zero attached hydrogens (tertiary/aromatic N) is 1. The number of nitrogens with two attached hydrogens (primary N) is 1. The Labute approximate surface area is 116 Å². The third-order valence-electron chi connectivity index (χ3n) is 3.12. The van der Waals surface area contributed by atoms with E-state index < -0.39 is 5.91 Å². The maximum Gasteiger partial charge on any atom is 0.243 e. The predicted octanol–water partition coefficient (Wildman–Crippen LogP) is 0.275. The van der Waals surface area contributed by atoms with Gasteiger partial charge in [-0.3, -0.25) is 14.4 Å². The number of amides is 3. The summed E-state index contributed by atoms with van der Waals surface area (Å²) in [4.78, 5) is 35.5. The van der Waals surface area contributed by atoms with Gasteiger partial charge in [0.05, 0.1) is 13.0 Å². The minimum absolute atomic E-state index is 0.0250. The van der Waals surface area contributed by atoms with E-state index in [1.54, 1.807) is 29.2 Å². The van der Waals surface area contributed by atoms with Gasteiger partial charge in [0.15, 0.2) is 0 Å². The number of nitrogens with one attached hydrogen (secondary N) is 1. The number of carbonyl (C=O) groups is 3. The number of likely N-dealkylation sites (tertiary alicyclic amines) is 1. The molecule has 0 radical (unpaired) electrons. The average Bonchev–Trinajstić information content (AvgIpc) is 2.77. The molecular weight excluding hydrogens is 258 g/mol. The van der Waals surface area contributed by atoms with Gasteiger partial charge >= 0.3 is 0 Å².